The van der Waals surface area contributed by atoms with Crippen LogP contribution in [0.4, 0.5) is 5.13 Å². The highest BCUT2D eigenvalue weighted by Gasteiger charge is 2.26. The van der Waals surface area contributed by atoms with Crippen LogP contribution in [0.15, 0.2) is 0 Å². The predicted octanol–water partition coefficient (Wildman–Crippen LogP) is 0.228. The van der Waals surface area contributed by atoms with Gasteiger partial charge in [-0.05, 0) is 5.21 Å². The number of anilines is 1. The highest BCUT2D eigenvalue weighted by Crippen LogP contribution is 2.14. The SMILES string of the molecule is CC(C(=O)O)C(C)C(=O)Nc1nnns1. The molecule has 0 saturated carbocycles. The molecule has 1 aromatic heterocycles. The van der Waals surface area contributed by atoms with Crippen molar-refractivity contribution in [1.29, 1.82) is 0 Å². The van der Waals surface area contributed by atoms with Crippen molar-refractivity contribution >= 4 is 28.5 Å². The number of aliphatic carboxylic acids is 1. The summed E-state index contributed by atoms with van der Waals surface area (Å²) >= 11 is 0.937. The summed E-state index contributed by atoms with van der Waals surface area (Å²) in [5.74, 6) is -2.78. The minimum absolute atomic E-state index is 0.268. The average molecular weight is 230 g/mol. The second-order valence-corrected chi connectivity index (χ2v) is 3.80. The number of carboxylic acids is 1. The fraction of sp³-hybridized carbons (Fsp3) is 0.571. The molecule has 0 aliphatic carbocycles. The molecule has 0 spiro atoms. The molecular formula is C7H10N4O3S. The predicted molar refractivity (Wildman–Crippen MR) is 52.3 cm³/mol. The van der Waals surface area contributed by atoms with Crippen LogP contribution in [0.5, 0.6) is 0 Å². The van der Waals surface area contributed by atoms with Crippen LogP contribution in [-0.2, 0) is 9.59 Å². The van der Waals surface area contributed by atoms with Gasteiger partial charge < -0.3 is 5.11 Å². The zero-order valence-electron chi connectivity index (χ0n) is 8.17. The lowest BCUT2D eigenvalue weighted by Gasteiger charge is -2.13. The highest BCUT2D eigenvalue weighted by molar-refractivity contribution is 7.09. The molecule has 0 aliphatic heterocycles. The third-order valence-electron chi connectivity index (χ3n) is 2.08. The number of rotatable bonds is 4. The van der Waals surface area contributed by atoms with Gasteiger partial charge >= 0.3 is 5.97 Å². The van der Waals surface area contributed by atoms with E-state index in [1.54, 1.807) is 6.92 Å². The molecule has 15 heavy (non-hydrogen) atoms. The van der Waals surface area contributed by atoms with E-state index in [0.717, 1.165) is 11.5 Å². The zero-order valence-corrected chi connectivity index (χ0v) is 8.98. The minimum atomic E-state index is -1.01. The summed E-state index contributed by atoms with van der Waals surface area (Å²) in [5.41, 5.74) is 0. The Morgan fingerprint density at radius 2 is 2.07 bits per heavy atom. The monoisotopic (exact) mass is 230 g/mol. The highest BCUT2D eigenvalue weighted by atomic mass is 32.1. The molecule has 0 aliphatic rings. The summed E-state index contributed by atoms with van der Waals surface area (Å²) in [6.45, 7) is 3.02. The van der Waals surface area contributed by atoms with Crippen molar-refractivity contribution in [2.45, 2.75) is 13.8 Å². The first-order valence-corrected chi connectivity index (χ1v) is 4.98. The van der Waals surface area contributed by atoms with Gasteiger partial charge in [0.15, 0.2) is 0 Å². The van der Waals surface area contributed by atoms with Crippen LogP contribution in [0, 0.1) is 11.8 Å². The van der Waals surface area contributed by atoms with E-state index in [2.05, 4.69) is 20.1 Å². The van der Waals surface area contributed by atoms with Crippen LogP contribution in [0.3, 0.4) is 0 Å². The van der Waals surface area contributed by atoms with E-state index in [-0.39, 0.29) is 5.13 Å². The standard InChI is InChI=1S/C7H10N4O3S/c1-3(4(2)6(13)14)5(12)8-7-9-10-11-15-7/h3-4H,1-2H3,(H,13,14)(H,8,9,11,12). The molecule has 8 heteroatoms. The number of amides is 1. The summed E-state index contributed by atoms with van der Waals surface area (Å²) < 4.78 is 3.46. The first-order valence-electron chi connectivity index (χ1n) is 4.21. The van der Waals surface area contributed by atoms with Crippen molar-refractivity contribution in [2.24, 2.45) is 11.8 Å². The second-order valence-electron chi connectivity index (χ2n) is 3.07. The van der Waals surface area contributed by atoms with Crippen LogP contribution in [0.25, 0.3) is 0 Å². The van der Waals surface area contributed by atoms with Gasteiger partial charge in [0.2, 0.25) is 11.0 Å². The molecular weight excluding hydrogens is 220 g/mol. The second kappa shape index (κ2) is 4.78. The van der Waals surface area contributed by atoms with E-state index in [1.807, 2.05) is 0 Å². The first kappa shape index (κ1) is 11.5. The molecule has 0 saturated heterocycles. The Balaban J connectivity index is 2.57. The number of nitrogens with zero attached hydrogens (tertiary/aromatic N) is 3. The van der Waals surface area contributed by atoms with Gasteiger partial charge in [-0.1, -0.05) is 23.4 Å². The molecule has 0 aromatic carbocycles. The molecule has 7 nitrogen and oxygen atoms in total. The van der Waals surface area contributed by atoms with Crippen LogP contribution >= 0.6 is 11.5 Å². The van der Waals surface area contributed by atoms with E-state index >= 15 is 0 Å². The molecule has 82 valence electrons. The molecule has 2 unspecified atom stereocenters. The number of hydrogen-bond donors (Lipinski definition) is 2. The molecule has 2 N–H and O–H groups in total. The van der Waals surface area contributed by atoms with Crippen molar-refractivity contribution in [3.63, 3.8) is 0 Å². The average Bonchev–Trinajstić information content (AvgIpc) is 2.67. The van der Waals surface area contributed by atoms with Crippen LogP contribution in [0.2, 0.25) is 0 Å². The summed E-state index contributed by atoms with van der Waals surface area (Å²) in [5, 5.41) is 18.2. The molecule has 0 radical (unpaired) electrons. The number of carbonyl (C=O) groups excluding carboxylic acids is 1. The number of nitrogens with one attached hydrogen (secondary N) is 1. The van der Waals surface area contributed by atoms with Gasteiger partial charge in [0.05, 0.1) is 5.92 Å². The third-order valence-corrected chi connectivity index (χ3v) is 2.59. The number of hydrogen-bond acceptors (Lipinski definition) is 6. The molecule has 1 heterocycles. The lowest BCUT2D eigenvalue weighted by Crippen LogP contribution is -2.29. The maximum Gasteiger partial charge on any atom is 0.307 e. The van der Waals surface area contributed by atoms with Gasteiger partial charge in [0, 0.05) is 17.5 Å². The smallest absolute Gasteiger partial charge is 0.307 e. The molecule has 1 aromatic rings. The van der Waals surface area contributed by atoms with E-state index in [9.17, 15) is 9.59 Å². The molecule has 0 bridgehead atoms. The maximum absolute atomic E-state index is 11.5. The molecule has 1 rings (SSSR count). The fourth-order valence-corrected chi connectivity index (χ4v) is 1.21. The van der Waals surface area contributed by atoms with Gasteiger partial charge in [0.1, 0.15) is 0 Å². The van der Waals surface area contributed by atoms with Crippen LogP contribution < -0.4 is 5.32 Å². The number of aromatic nitrogens is 3. The third kappa shape index (κ3) is 2.94. The Bertz CT molecular complexity index is 353. The topological polar surface area (TPSA) is 105 Å². The number of carboxylic acid groups (broad SMARTS) is 1. The Hall–Kier alpha value is -1.57. The minimum Gasteiger partial charge on any atom is -0.481 e. The lowest BCUT2D eigenvalue weighted by atomic mass is 9.95. The van der Waals surface area contributed by atoms with Gasteiger partial charge in [0.25, 0.3) is 0 Å². The fourth-order valence-electron chi connectivity index (χ4n) is 0.842. The van der Waals surface area contributed by atoms with Crippen molar-refractivity contribution < 1.29 is 14.7 Å². The van der Waals surface area contributed by atoms with Gasteiger partial charge in [-0.25, -0.2) is 0 Å². The Morgan fingerprint density at radius 3 is 2.53 bits per heavy atom. The van der Waals surface area contributed by atoms with E-state index in [4.69, 9.17) is 5.11 Å². The summed E-state index contributed by atoms with van der Waals surface area (Å²) in [7, 11) is 0. The maximum atomic E-state index is 11.5. The van der Waals surface area contributed by atoms with Crippen molar-refractivity contribution in [2.75, 3.05) is 5.32 Å². The molecule has 2 atom stereocenters. The van der Waals surface area contributed by atoms with Gasteiger partial charge in [-0.2, -0.15) is 0 Å². The lowest BCUT2D eigenvalue weighted by molar-refractivity contribution is -0.145. The van der Waals surface area contributed by atoms with Crippen LogP contribution in [-0.4, -0.2) is 31.8 Å². The first-order chi connectivity index (χ1) is 7.02. The molecule has 0 fully saturated rings. The normalized spacial score (nSPS) is 14.3. The van der Waals surface area contributed by atoms with E-state index in [0.29, 0.717) is 0 Å². The number of carbonyl (C=O) groups is 2. The quantitative estimate of drug-likeness (QED) is 0.767. The zero-order chi connectivity index (χ0) is 11.4. The van der Waals surface area contributed by atoms with Gasteiger partial charge in [-0.15, -0.1) is 0 Å². The Kier molecular flexibility index (Phi) is 3.67. The van der Waals surface area contributed by atoms with Crippen LogP contribution in [0.1, 0.15) is 13.8 Å². The largest absolute Gasteiger partial charge is 0.481 e. The molecule has 1 amide bonds. The van der Waals surface area contributed by atoms with E-state index < -0.39 is 23.7 Å². The summed E-state index contributed by atoms with van der Waals surface area (Å²) in [4.78, 5) is 22.1. The van der Waals surface area contributed by atoms with Crippen molar-refractivity contribution in [1.82, 2.24) is 14.8 Å². The Morgan fingerprint density at radius 1 is 1.40 bits per heavy atom. The summed E-state index contributed by atoms with van der Waals surface area (Å²) in [6.07, 6.45) is 0. The summed E-state index contributed by atoms with van der Waals surface area (Å²) in [6, 6.07) is 0. The van der Waals surface area contributed by atoms with Crippen molar-refractivity contribution in [3.8, 4) is 0 Å². The van der Waals surface area contributed by atoms with E-state index in [1.165, 1.54) is 6.92 Å². The Labute approximate surface area is 89.7 Å². The van der Waals surface area contributed by atoms with Crippen molar-refractivity contribution in [3.05, 3.63) is 0 Å². The van der Waals surface area contributed by atoms with Gasteiger partial charge in [-0.3, -0.25) is 14.9 Å².